The molecule has 0 fully saturated rings. The zero-order valence-electron chi connectivity index (χ0n) is 13.2. The third kappa shape index (κ3) is 6.36. The highest BCUT2D eigenvalue weighted by Crippen LogP contribution is 2.48. The summed E-state index contributed by atoms with van der Waals surface area (Å²) in [7, 11) is 0. The van der Waals surface area contributed by atoms with Gasteiger partial charge in [-0.15, -0.1) is 0 Å². The Labute approximate surface area is 142 Å². The van der Waals surface area contributed by atoms with Crippen molar-refractivity contribution in [1.29, 1.82) is 0 Å². The van der Waals surface area contributed by atoms with Crippen LogP contribution in [0.1, 0.15) is 18.1 Å². The molecule has 23 heavy (non-hydrogen) atoms. The Morgan fingerprint density at radius 3 is 2.48 bits per heavy atom. The van der Waals surface area contributed by atoms with Crippen LogP contribution in [0.5, 0.6) is 5.75 Å². The highest BCUT2D eigenvalue weighted by Gasteiger charge is 2.23. The van der Waals surface area contributed by atoms with Gasteiger partial charge in [-0.3, -0.25) is 0 Å². The van der Waals surface area contributed by atoms with Gasteiger partial charge in [0.25, 0.3) is 0 Å². The Morgan fingerprint density at radius 1 is 1.13 bits per heavy atom. The third-order valence-electron chi connectivity index (χ3n) is 3.23. The standard InChI is InChI=1S/C17H21ClNO3P/c1-14-8-6-7-9-16(14)13-21-12-15(2)19-23(18,20)22-17-10-4-3-5-11-17/h3-11,15H,12-13H2,1-2H3,(H,19,20)/t15-,23?/m0/s1. The van der Waals surface area contributed by atoms with Crippen molar-refractivity contribution >= 4 is 18.1 Å². The van der Waals surface area contributed by atoms with Gasteiger partial charge in [0.2, 0.25) is 0 Å². The maximum Gasteiger partial charge on any atom is 0.409 e. The number of hydrogen-bond acceptors (Lipinski definition) is 3. The Bertz CT molecular complexity index is 666. The Balaban J connectivity index is 1.78. The second-order valence-corrected chi connectivity index (χ2v) is 8.09. The van der Waals surface area contributed by atoms with Gasteiger partial charge in [-0.25, -0.2) is 9.65 Å². The minimum absolute atomic E-state index is 0.203. The zero-order chi connectivity index (χ0) is 16.7. The number of hydrogen-bond donors (Lipinski definition) is 1. The molecule has 124 valence electrons. The molecule has 0 heterocycles. The van der Waals surface area contributed by atoms with Crippen LogP contribution in [0.4, 0.5) is 0 Å². The molecule has 2 rings (SSSR count). The molecule has 0 saturated carbocycles. The smallest absolute Gasteiger partial charge is 0.409 e. The number of ether oxygens (including phenoxy) is 1. The molecule has 6 heteroatoms. The first-order valence-electron chi connectivity index (χ1n) is 7.41. The molecule has 4 nitrogen and oxygen atoms in total. The average Bonchev–Trinajstić information content (AvgIpc) is 2.49. The molecule has 0 amide bonds. The van der Waals surface area contributed by atoms with Crippen LogP contribution in [0, 0.1) is 6.92 Å². The maximum absolute atomic E-state index is 12.3. The fourth-order valence-electron chi connectivity index (χ4n) is 2.06. The quantitative estimate of drug-likeness (QED) is 0.684. The Hall–Kier alpha value is -1.32. The highest BCUT2D eigenvalue weighted by molar-refractivity contribution is 7.84. The van der Waals surface area contributed by atoms with Gasteiger partial charge in [0.05, 0.1) is 13.2 Å². The van der Waals surface area contributed by atoms with E-state index in [0.717, 1.165) is 5.56 Å². The lowest BCUT2D eigenvalue weighted by atomic mass is 10.1. The lowest BCUT2D eigenvalue weighted by molar-refractivity contribution is 0.107. The molecule has 0 spiro atoms. The fourth-order valence-corrected chi connectivity index (χ4v) is 3.85. The summed E-state index contributed by atoms with van der Waals surface area (Å²) >= 11 is 5.95. The van der Waals surface area contributed by atoms with Crippen LogP contribution < -0.4 is 9.61 Å². The van der Waals surface area contributed by atoms with Crippen molar-refractivity contribution in [2.24, 2.45) is 0 Å². The first-order chi connectivity index (χ1) is 11.0. The predicted octanol–water partition coefficient (Wildman–Crippen LogP) is 4.92. The van der Waals surface area contributed by atoms with Crippen LogP contribution in [0.15, 0.2) is 54.6 Å². The van der Waals surface area contributed by atoms with Gasteiger partial charge in [-0.1, -0.05) is 42.5 Å². The summed E-state index contributed by atoms with van der Waals surface area (Å²) in [6.07, 6.45) is 0. The van der Waals surface area contributed by atoms with Gasteiger partial charge in [0.15, 0.2) is 0 Å². The van der Waals surface area contributed by atoms with Crippen LogP contribution in [-0.2, 0) is 15.9 Å². The number of benzene rings is 2. The molecule has 2 aromatic carbocycles. The van der Waals surface area contributed by atoms with E-state index in [9.17, 15) is 4.57 Å². The van der Waals surface area contributed by atoms with Crippen molar-refractivity contribution in [2.45, 2.75) is 26.5 Å². The molecule has 0 aliphatic rings. The van der Waals surface area contributed by atoms with E-state index in [1.807, 2.05) is 44.2 Å². The minimum Gasteiger partial charge on any atom is -0.422 e. The molecule has 1 N–H and O–H groups in total. The summed E-state index contributed by atoms with van der Waals surface area (Å²) in [4.78, 5) is 0. The SMILES string of the molecule is Cc1ccccc1COC[C@H](C)NP(=O)(Cl)Oc1ccccc1. The normalized spacial score (nSPS) is 14.9. The van der Waals surface area contributed by atoms with Gasteiger partial charge in [-0.05, 0) is 37.1 Å². The topological polar surface area (TPSA) is 47.6 Å². The van der Waals surface area contributed by atoms with Gasteiger partial charge in [0, 0.05) is 17.3 Å². The summed E-state index contributed by atoms with van der Waals surface area (Å²) in [6.45, 7) is 1.32. The second-order valence-electron chi connectivity index (χ2n) is 5.36. The number of nitrogens with one attached hydrogen (secondary N) is 1. The van der Waals surface area contributed by atoms with E-state index in [1.165, 1.54) is 5.56 Å². The van der Waals surface area contributed by atoms with E-state index in [4.69, 9.17) is 20.5 Å². The lowest BCUT2D eigenvalue weighted by Crippen LogP contribution is -2.28. The first kappa shape index (κ1) is 18.0. The molecular weight excluding hydrogens is 333 g/mol. The summed E-state index contributed by atoms with van der Waals surface area (Å²) in [5.41, 5.74) is 2.32. The first-order valence-corrected chi connectivity index (χ1v) is 9.93. The zero-order valence-corrected chi connectivity index (χ0v) is 14.9. The van der Waals surface area contributed by atoms with Crippen molar-refractivity contribution in [2.75, 3.05) is 6.61 Å². The summed E-state index contributed by atoms with van der Waals surface area (Å²) < 4.78 is 23.2. The van der Waals surface area contributed by atoms with E-state index in [-0.39, 0.29) is 6.04 Å². The van der Waals surface area contributed by atoms with Crippen LogP contribution in [-0.4, -0.2) is 12.6 Å². The minimum atomic E-state index is -3.45. The molecule has 0 radical (unpaired) electrons. The summed E-state index contributed by atoms with van der Waals surface area (Å²) in [6, 6.07) is 16.7. The van der Waals surface area contributed by atoms with Gasteiger partial charge < -0.3 is 9.26 Å². The van der Waals surface area contributed by atoms with E-state index in [1.54, 1.807) is 24.3 Å². The molecule has 0 bridgehead atoms. The Morgan fingerprint density at radius 2 is 1.78 bits per heavy atom. The largest absolute Gasteiger partial charge is 0.422 e. The Kier molecular flexibility index (Phi) is 6.67. The third-order valence-corrected chi connectivity index (χ3v) is 4.92. The monoisotopic (exact) mass is 353 g/mol. The van der Waals surface area contributed by atoms with Gasteiger partial charge in [0.1, 0.15) is 5.75 Å². The van der Waals surface area contributed by atoms with E-state index in [0.29, 0.717) is 19.0 Å². The van der Waals surface area contributed by atoms with Crippen molar-refractivity contribution in [3.05, 3.63) is 65.7 Å². The van der Waals surface area contributed by atoms with Crippen LogP contribution in [0.3, 0.4) is 0 Å². The molecule has 1 unspecified atom stereocenters. The number of rotatable bonds is 8. The van der Waals surface area contributed by atoms with E-state index < -0.39 is 6.87 Å². The molecule has 2 aromatic rings. The van der Waals surface area contributed by atoms with Crippen LogP contribution >= 0.6 is 18.1 Å². The molecular formula is C17H21ClNO3P. The molecule has 0 aliphatic carbocycles. The summed E-state index contributed by atoms with van der Waals surface area (Å²) in [5.74, 6) is 0.464. The molecule has 0 aromatic heterocycles. The number of aryl methyl sites for hydroxylation is 1. The van der Waals surface area contributed by atoms with Crippen LogP contribution in [0.2, 0.25) is 0 Å². The van der Waals surface area contributed by atoms with Gasteiger partial charge in [-0.2, -0.15) is 0 Å². The van der Waals surface area contributed by atoms with E-state index >= 15 is 0 Å². The van der Waals surface area contributed by atoms with Crippen LogP contribution in [0.25, 0.3) is 0 Å². The molecule has 2 atom stereocenters. The van der Waals surface area contributed by atoms with Crippen molar-refractivity contribution in [3.63, 3.8) is 0 Å². The second kappa shape index (κ2) is 8.51. The highest BCUT2D eigenvalue weighted by atomic mass is 35.7. The van der Waals surface area contributed by atoms with Crippen molar-refractivity contribution in [1.82, 2.24) is 5.09 Å². The maximum atomic E-state index is 12.3. The number of para-hydroxylation sites is 1. The van der Waals surface area contributed by atoms with Gasteiger partial charge >= 0.3 is 6.87 Å². The lowest BCUT2D eigenvalue weighted by Gasteiger charge is -2.19. The predicted molar refractivity (Wildman–Crippen MR) is 94.0 cm³/mol. The molecule has 0 saturated heterocycles. The van der Waals surface area contributed by atoms with E-state index in [2.05, 4.69) is 5.09 Å². The fraction of sp³-hybridized carbons (Fsp3) is 0.294. The van der Waals surface area contributed by atoms with Crippen molar-refractivity contribution in [3.8, 4) is 5.75 Å². The number of halogens is 1. The molecule has 0 aliphatic heterocycles. The summed E-state index contributed by atoms with van der Waals surface area (Å²) in [5, 5.41) is 2.78. The average molecular weight is 354 g/mol. The van der Waals surface area contributed by atoms with Crippen molar-refractivity contribution < 1.29 is 13.8 Å².